The smallest absolute Gasteiger partial charge is 0.280 e. The van der Waals surface area contributed by atoms with Gasteiger partial charge < -0.3 is 29.1 Å². The van der Waals surface area contributed by atoms with E-state index in [1.807, 2.05) is 60.7 Å². The molecular formula is C37H51N5O6Si. The molecule has 2 aromatic heterocycles. The molecule has 0 unspecified atom stereocenters. The molecule has 3 heterocycles. The molecule has 11 nitrogen and oxygen atoms in total. The number of ether oxygens (including phenoxy) is 3. The van der Waals surface area contributed by atoms with Crippen LogP contribution in [0.1, 0.15) is 64.8 Å². The maximum Gasteiger partial charge on any atom is 0.280 e. The van der Waals surface area contributed by atoms with Gasteiger partial charge in [-0.25, -0.2) is 4.98 Å². The van der Waals surface area contributed by atoms with Crippen LogP contribution in [0.4, 0.5) is 5.95 Å². The number of aliphatic hydroxyl groups is 1. The fourth-order valence-electron chi connectivity index (χ4n) is 6.36. The molecule has 2 fully saturated rings. The van der Waals surface area contributed by atoms with Crippen molar-refractivity contribution in [2.45, 2.75) is 108 Å². The zero-order valence-corrected chi connectivity index (χ0v) is 30.7. The van der Waals surface area contributed by atoms with Crippen molar-refractivity contribution in [2.24, 2.45) is 5.92 Å². The van der Waals surface area contributed by atoms with Gasteiger partial charge in [0, 0.05) is 6.54 Å². The maximum atomic E-state index is 13.1. The third-order valence-corrected chi connectivity index (χ3v) is 14.7. The van der Waals surface area contributed by atoms with Crippen LogP contribution in [0.3, 0.4) is 0 Å². The van der Waals surface area contributed by atoms with Gasteiger partial charge in [0.15, 0.2) is 31.3 Å². The first-order valence-electron chi connectivity index (χ1n) is 17.3. The molecular weight excluding hydrogens is 639 g/mol. The molecule has 0 amide bonds. The summed E-state index contributed by atoms with van der Waals surface area (Å²) in [4.78, 5) is 25.1. The van der Waals surface area contributed by atoms with Crippen LogP contribution in [0.15, 0.2) is 71.8 Å². The number of nitrogens with one attached hydrogen (secondary N) is 2. The molecule has 6 rings (SSSR count). The van der Waals surface area contributed by atoms with E-state index in [-0.39, 0.29) is 29.3 Å². The zero-order chi connectivity index (χ0) is 35.0. The number of aliphatic hydroxyl groups excluding tert-OH is 1. The maximum absolute atomic E-state index is 13.1. The monoisotopic (exact) mass is 689 g/mol. The third-order valence-electron chi connectivity index (χ3n) is 10.2. The number of hydrogen-bond acceptors (Lipinski definition) is 9. The molecule has 0 radical (unpaired) electrons. The van der Waals surface area contributed by atoms with Crippen LogP contribution >= 0.6 is 0 Å². The van der Waals surface area contributed by atoms with Crippen LogP contribution < -0.4 is 10.9 Å². The topological polar surface area (TPSA) is 133 Å². The average Bonchev–Trinajstić information content (AvgIpc) is 3.61. The van der Waals surface area contributed by atoms with Crippen molar-refractivity contribution >= 4 is 25.4 Å². The van der Waals surface area contributed by atoms with Crippen LogP contribution in [0.25, 0.3) is 11.2 Å². The predicted octanol–water partition coefficient (Wildman–Crippen LogP) is 6.17. The lowest BCUT2D eigenvalue weighted by atomic mass is 9.87. The summed E-state index contributed by atoms with van der Waals surface area (Å²) >= 11 is 0. The normalized spacial score (nSPS) is 23.7. The van der Waals surface area contributed by atoms with E-state index in [0.717, 1.165) is 24.0 Å². The molecule has 1 aliphatic carbocycles. The fourth-order valence-corrected chi connectivity index (χ4v) is 8.02. The number of rotatable bonds is 14. The van der Waals surface area contributed by atoms with Crippen molar-refractivity contribution in [1.29, 1.82) is 0 Å². The Bertz CT molecular complexity index is 1770. The zero-order valence-electron chi connectivity index (χ0n) is 29.7. The van der Waals surface area contributed by atoms with E-state index in [1.165, 1.54) is 6.33 Å². The number of hydrogen-bond donors (Lipinski definition) is 3. The molecule has 0 spiro atoms. The first-order valence-corrected chi connectivity index (χ1v) is 20.2. The van der Waals surface area contributed by atoms with E-state index in [0.29, 0.717) is 30.7 Å². The van der Waals surface area contributed by atoms with Crippen molar-refractivity contribution in [3.05, 3.63) is 88.5 Å². The molecule has 12 heteroatoms. The quantitative estimate of drug-likeness (QED) is 0.133. The highest BCUT2D eigenvalue weighted by Gasteiger charge is 2.73. The number of anilines is 1. The van der Waals surface area contributed by atoms with Crippen LogP contribution in [-0.2, 0) is 31.9 Å². The van der Waals surface area contributed by atoms with Gasteiger partial charge in [-0.05, 0) is 48.0 Å². The Morgan fingerprint density at radius 2 is 1.69 bits per heavy atom. The van der Waals surface area contributed by atoms with Gasteiger partial charge in [0.05, 0.1) is 31.7 Å². The summed E-state index contributed by atoms with van der Waals surface area (Å²) in [6.45, 7) is 16.6. The second kappa shape index (κ2) is 13.7. The van der Waals surface area contributed by atoms with Crippen LogP contribution in [0.5, 0.6) is 0 Å². The van der Waals surface area contributed by atoms with Gasteiger partial charge >= 0.3 is 0 Å². The van der Waals surface area contributed by atoms with Crippen molar-refractivity contribution in [3.8, 4) is 0 Å². The van der Waals surface area contributed by atoms with Crippen LogP contribution in [-0.4, -0.2) is 69.5 Å². The van der Waals surface area contributed by atoms with E-state index in [9.17, 15) is 9.90 Å². The van der Waals surface area contributed by atoms with Crippen LogP contribution in [0, 0.1) is 5.92 Å². The largest absolute Gasteiger partial charge is 0.408 e. The van der Waals surface area contributed by atoms with Gasteiger partial charge in [0.25, 0.3) is 5.56 Å². The molecule has 264 valence electrons. The predicted molar refractivity (Wildman–Crippen MR) is 192 cm³/mol. The Balaban J connectivity index is 1.44. The van der Waals surface area contributed by atoms with Crippen molar-refractivity contribution in [1.82, 2.24) is 19.5 Å². The molecule has 49 heavy (non-hydrogen) atoms. The van der Waals surface area contributed by atoms with E-state index in [1.54, 1.807) is 4.57 Å². The lowest BCUT2D eigenvalue weighted by molar-refractivity contribution is -0.209. The van der Waals surface area contributed by atoms with Crippen molar-refractivity contribution < 1.29 is 23.7 Å². The minimum Gasteiger partial charge on any atom is -0.408 e. The molecule has 3 N–H and O–H groups in total. The Hall–Kier alpha value is -3.39. The number of benzene rings is 2. The second-order valence-corrected chi connectivity index (χ2v) is 20.2. The number of nitrogens with zero attached hydrogens (tertiary/aromatic N) is 3. The van der Waals surface area contributed by atoms with Gasteiger partial charge in [-0.15, -0.1) is 0 Å². The van der Waals surface area contributed by atoms with E-state index < -0.39 is 38.0 Å². The average molecular weight is 690 g/mol. The molecule has 2 aliphatic rings. The summed E-state index contributed by atoms with van der Waals surface area (Å²) in [6, 6.07) is 19.9. The molecule has 4 aromatic rings. The second-order valence-electron chi connectivity index (χ2n) is 15.5. The van der Waals surface area contributed by atoms with E-state index >= 15 is 0 Å². The lowest BCUT2D eigenvalue weighted by Gasteiger charge is -2.47. The SMILES string of the molecule is CC(C)CNc1nc2c(ncn2[C@@H]2O[C@@](COCc3ccccc3)(C3(O[Si](C)(C)C(C)(C)C)CC3)[C@@H](OCc3ccccc3)[C@@H]2O)c(=O)[nH]1. The van der Waals surface area contributed by atoms with E-state index in [2.05, 4.69) is 63.0 Å². The van der Waals surface area contributed by atoms with Crippen molar-refractivity contribution in [2.75, 3.05) is 18.5 Å². The summed E-state index contributed by atoms with van der Waals surface area (Å²) < 4.78 is 29.4. The Morgan fingerprint density at radius 1 is 1.06 bits per heavy atom. The number of H-pyrrole nitrogens is 1. The minimum atomic E-state index is -2.36. The molecule has 1 saturated carbocycles. The van der Waals surface area contributed by atoms with Crippen molar-refractivity contribution in [3.63, 3.8) is 0 Å². The van der Waals surface area contributed by atoms with Gasteiger partial charge in [-0.1, -0.05) is 95.3 Å². The number of imidazole rings is 1. The third kappa shape index (κ3) is 7.13. The fraction of sp³-hybridized carbons (Fsp3) is 0.541. The summed E-state index contributed by atoms with van der Waals surface area (Å²) in [6.07, 6.45) is -0.0426. The highest BCUT2D eigenvalue weighted by Crippen LogP contribution is 2.60. The first kappa shape index (κ1) is 35.4. The number of aromatic nitrogens is 4. The summed E-state index contributed by atoms with van der Waals surface area (Å²) in [5.74, 6) is 0.662. The Kier molecular flexibility index (Phi) is 9.93. The van der Waals surface area contributed by atoms with Crippen LogP contribution in [0.2, 0.25) is 18.1 Å². The standard InChI is InChI=1S/C37H51N5O6Si/c1-25(2)20-38-34-40-31-28(32(44)41-34)39-24-42(31)33-29(43)30(46-22-27-16-12-9-13-17-27)37(47-33,23-45-21-26-14-10-8-11-15-26)36(18-19-36)48-49(6,7)35(3,4)5/h8-17,24-25,29-30,33,43H,18-23H2,1-7H3,(H2,38,40,41,44)/t29-,30-,33+,37+/m0/s1. The Morgan fingerprint density at radius 3 is 2.29 bits per heavy atom. The minimum absolute atomic E-state index is 0.0728. The Labute approximate surface area is 289 Å². The summed E-state index contributed by atoms with van der Waals surface area (Å²) in [7, 11) is -2.36. The first-order chi connectivity index (χ1) is 23.3. The summed E-state index contributed by atoms with van der Waals surface area (Å²) in [5, 5.41) is 15.5. The highest BCUT2D eigenvalue weighted by atomic mass is 28.4. The number of fused-ring (bicyclic) bond motifs is 1. The number of aromatic amines is 1. The van der Waals surface area contributed by atoms with Gasteiger partial charge in [-0.3, -0.25) is 14.3 Å². The summed E-state index contributed by atoms with van der Waals surface area (Å²) in [5.41, 5.74) is 0.101. The lowest BCUT2D eigenvalue weighted by Crippen LogP contribution is -2.62. The molecule has 2 aromatic carbocycles. The van der Waals surface area contributed by atoms with Gasteiger partial charge in [0.2, 0.25) is 5.95 Å². The van der Waals surface area contributed by atoms with Gasteiger partial charge in [-0.2, -0.15) is 4.98 Å². The molecule has 1 saturated heterocycles. The highest BCUT2D eigenvalue weighted by molar-refractivity contribution is 6.74. The van der Waals surface area contributed by atoms with E-state index in [4.69, 9.17) is 23.6 Å². The molecule has 1 aliphatic heterocycles. The molecule has 4 atom stereocenters. The molecule has 0 bridgehead atoms. The van der Waals surface area contributed by atoms with Gasteiger partial charge in [0.1, 0.15) is 12.2 Å².